The molecule has 1 N–H and O–H groups in total. The van der Waals surface area contributed by atoms with Gasteiger partial charge in [0.25, 0.3) is 5.56 Å². The molecule has 0 unspecified atom stereocenters. The lowest BCUT2D eigenvalue weighted by molar-refractivity contribution is 0.414. The minimum absolute atomic E-state index is 0.0284. The van der Waals surface area contributed by atoms with Crippen molar-refractivity contribution in [3.05, 3.63) is 97.5 Å². The van der Waals surface area contributed by atoms with Crippen molar-refractivity contribution in [1.82, 2.24) is 4.57 Å². The summed E-state index contributed by atoms with van der Waals surface area (Å²) < 4.78 is 18.7. The molecule has 0 radical (unpaired) electrons. The molecule has 2 heterocycles. The zero-order valence-electron chi connectivity index (χ0n) is 19.3. The molecular weight excluding hydrogens is 546 g/mol. The zero-order valence-corrected chi connectivity index (χ0v) is 21.7. The molecular formula is C27H20BrNO6S. The Balaban J connectivity index is 1.79. The first-order valence-electron chi connectivity index (χ1n) is 10.9. The third-order valence-electron chi connectivity index (χ3n) is 5.75. The number of fused-ring (bicyclic) bond motifs is 3. The molecule has 0 fully saturated rings. The second-order valence-electron chi connectivity index (χ2n) is 7.96. The fraction of sp³-hybridized carbons (Fsp3) is 0.111. The molecule has 5 aromatic rings. The Hall–Kier alpha value is -3.69. The lowest BCUT2D eigenvalue weighted by atomic mass is 10.1. The first-order valence-corrected chi connectivity index (χ1v) is 12.5. The molecule has 9 heteroatoms. The summed E-state index contributed by atoms with van der Waals surface area (Å²) in [4.78, 5) is 27.5. The van der Waals surface area contributed by atoms with E-state index in [1.54, 1.807) is 31.4 Å². The van der Waals surface area contributed by atoms with Crippen molar-refractivity contribution in [2.24, 2.45) is 0 Å². The van der Waals surface area contributed by atoms with Crippen molar-refractivity contribution in [2.45, 2.75) is 16.3 Å². The van der Waals surface area contributed by atoms with Crippen LogP contribution < -0.4 is 20.7 Å². The van der Waals surface area contributed by atoms with Crippen molar-refractivity contribution in [2.75, 3.05) is 14.2 Å². The minimum Gasteiger partial charge on any atom is -0.505 e. The van der Waals surface area contributed by atoms with Crippen LogP contribution in [0.4, 0.5) is 0 Å². The van der Waals surface area contributed by atoms with Crippen LogP contribution in [-0.4, -0.2) is 23.9 Å². The van der Waals surface area contributed by atoms with Gasteiger partial charge in [-0.2, -0.15) is 0 Å². The molecule has 7 nitrogen and oxygen atoms in total. The normalized spacial score (nSPS) is 11.2. The van der Waals surface area contributed by atoms with E-state index in [9.17, 15) is 14.7 Å². The number of hydrogen-bond donors (Lipinski definition) is 1. The number of nitrogens with zero attached hydrogens (tertiary/aromatic N) is 1. The summed E-state index contributed by atoms with van der Waals surface area (Å²) in [6.45, 7) is 0.197. The SMILES string of the molecule is COc1cccc(Cn2c(=O)c3c(O)c(Sc4cccc(Br)c4)c(=O)oc3c3ccc(OC)cc32)c1. The van der Waals surface area contributed by atoms with Gasteiger partial charge in [0.2, 0.25) is 0 Å². The number of ether oxygens (including phenoxy) is 2. The van der Waals surface area contributed by atoms with Gasteiger partial charge in [-0.25, -0.2) is 4.79 Å². The van der Waals surface area contributed by atoms with E-state index in [1.165, 1.54) is 11.7 Å². The van der Waals surface area contributed by atoms with E-state index >= 15 is 0 Å². The van der Waals surface area contributed by atoms with Crippen molar-refractivity contribution < 1.29 is 19.0 Å². The Labute approximate surface area is 218 Å². The van der Waals surface area contributed by atoms with Gasteiger partial charge >= 0.3 is 5.63 Å². The maximum absolute atomic E-state index is 13.8. The molecule has 2 aromatic heterocycles. The molecule has 0 saturated heterocycles. The van der Waals surface area contributed by atoms with Crippen LogP contribution in [-0.2, 0) is 6.54 Å². The maximum atomic E-state index is 13.8. The average Bonchev–Trinajstić information content (AvgIpc) is 2.88. The summed E-state index contributed by atoms with van der Waals surface area (Å²) in [6, 6.07) is 19.8. The highest BCUT2D eigenvalue weighted by atomic mass is 79.9. The Morgan fingerprint density at radius 3 is 2.47 bits per heavy atom. The number of benzene rings is 3. The third kappa shape index (κ3) is 4.36. The van der Waals surface area contributed by atoms with E-state index in [0.29, 0.717) is 27.3 Å². The van der Waals surface area contributed by atoms with Crippen molar-refractivity contribution >= 4 is 49.6 Å². The van der Waals surface area contributed by atoms with Crippen LogP contribution in [0.1, 0.15) is 5.56 Å². The molecule has 3 aromatic carbocycles. The molecule has 0 aliphatic rings. The number of aromatic hydroxyl groups is 1. The first kappa shape index (κ1) is 24.0. The van der Waals surface area contributed by atoms with Crippen LogP contribution in [0.3, 0.4) is 0 Å². The number of aromatic nitrogens is 1. The second kappa shape index (κ2) is 9.75. The zero-order chi connectivity index (χ0) is 25.4. The Morgan fingerprint density at radius 2 is 1.72 bits per heavy atom. The average molecular weight is 566 g/mol. The number of hydrogen-bond acceptors (Lipinski definition) is 7. The number of rotatable bonds is 6. The van der Waals surface area contributed by atoms with Crippen LogP contribution in [0.15, 0.2) is 95.0 Å². The predicted octanol–water partition coefficient (Wildman–Crippen LogP) is 5.79. The third-order valence-corrected chi connectivity index (χ3v) is 7.30. The highest BCUT2D eigenvalue weighted by Crippen LogP contribution is 2.38. The van der Waals surface area contributed by atoms with Crippen molar-refractivity contribution in [3.63, 3.8) is 0 Å². The van der Waals surface area contributed by atoms with Gasteiger partial charge in [0.15, 0.2) is 11.3 Å². The summed E-state index contributed by atoms with van der Waals surface area (Å²) in [5.41, 5.74) is 0.128. The van der Waals surface area contributed by atoms with Crippen LogP contribution in [0.5, 0.6) is 17.2 Å². The molecule has 36 heavy (non-hydrogen) atoms. The molecule has 0 aliphatic heterocycles. The van der Waals surface area contributed by atoms with Gasteiger partial charge in [0, 0.05) is 20.8 Å². The van der Waals surface area contributed by atoms with Gasteiger partial charge in [-0.05, 0) is 48.0 Å². The predicted molar refractivity (Wildman–Crippen MR) is 143 cm³/mol. The largest absolute Gasteiger partial charge is 0.505 e. The smallest absolute Gasteiger partial charge is 0.354 e. The first-order chi connectivity index (χ1) is 17.4. The monoisotopic (exact) mass is 565 g/mol. The Kier molecular flexibility index (Phi) is 6.51. The maximum Gasteiger partial charge on any atom is 0.354 e. The summed E-state index contributed by atoms with van der Waals surface area (Å²) in [5.74, 6) is 0.784. The number of pyridine rings is 1. The van der Waals surface area contributed by atoms with E-state index in [4.69, 9.17) is 13.9 Å². The molecule has 182 valence electrons. The van der Waals surface area contributed by atoms with Crippen LogP contribution in [0, 0.1) is 0 Å². The molecule has 0 bridgehead atoms. The van der Waals surface area contributed by atoms with Gasteiger partial charge in [-0.15, -0.1) is 0 Å². The lowest BCUT2D eigenvalue weighted by Gasteiger charge is -2.15. The number of methoxy groups -OCH3 is 2. The summed E-state index contributed by atoms with van der Waals surface area (Å²) in [5, 5.41) is 11.7. The molecule has 0 aliphatic carbocycles. The second-order valence-corrected chi connectivity index (χ2v) is 9.96. The van der Waals surface area contributed by atoms with Gasteiger partial charge < -0.3 is 23.6 Å². The number of halogens is 1. The topological polar surface area (TPSA) is 90.9 Å². The van der Waals surface area contributed by atoms with Crippen LogP contribution >= 0.6 is 27.7 Å². The summed E-state index contributed by atoms with van der Waals surface area (Å²) in [6.07, 6.45) is 0. The van der Waals surface area contributed by atoms with Gasteiger partial charge in [0.1, 0.15) is 21.8 Å². The Bertz CT molecular complexity index is 1740. The van der Waals surface area contributed by atoms with Crippen molar-refractivity contribution in [1.29, 1.82) is 0 Å². The van der Waals surface area contributed by atoms with Crippen LogP contribution in [0.2, 0.25) is 0 Å². The quantitative estimate of drug-likeness (QED) is 0.260. The molecule has 5 rings (SSSR count). The van der Waals surface area contributed by atoms with E-state index in [1.807, 2.05) is 42.5 Å². The summed E-state index contributed by atoms with van der Waals surface area (Å²) in [7, 11) is 3.11. The molecule has 0 atom stereocenters. The van der Waals surface area contributed by atoms with E-state index in [2.05, 4.69) is 15.9 Å². The lowest BCUT2D eigenvalue weighted by Crippen LogP contribution is -2.23. The van der Waals surface area contributed by atoms with Gasteiger partial charge in [-0.3, -0.25) is 4.79 Å². The standard InChI is InChI=1S/C27H20BrNO6S/c1-33-17-7-3-5-15(11-17)14-29-21-13-18(34-2)9-10-20(21)24-22(26(29)31)23(30)25(27(32)35-24)36-19-8-4-6-16(28)12-19/h3-13,30H,14H2,1-2H3. The highest BCUT2D eigenvalue weighted by Gasteiger charge is 2.23. The minimum atomic E-state index is -0.730. The van der Waals surface area contributed by atoms with E-state index in [0.717, 1.165) is 21.8 Å². The highest BCUT2D eigenvalue weighted by molar-refractivity contribution is 9.10. The Morgan fingerprint density at radius 1 is 0.972 bits per heavy atom. The molecule has 0 spiro atoms. The fourth-order valence-electron chi connectivity index (χ4n) is 4.04. The summed E-state index contributed by atoms with van der Waals surface area (Å²) >= 11 is 4.44. The van der Waals surface area contributed by atoms with Crippen molar-refractivity contribution in [3.8, 4) is 17.2 Å². The molecule has 0 amide bonds. The van der Waals surface area contributed by atoms with E-state index in [-0.39, 0.29) is 22.4 Å². The van der Waals surface area contributed by atoms with Gasteiger partial charge in [-0.1, -0.05) is 45.9 Å². The van der Waals surface area contributed by atoms with Gasteiger partial charge in [0.05, 0.1) is 26.3 Å². The van der Waals surface area contributed by atoms with E-state index < -0.39 is 16.9 Å². The fourth-order valence-corrected chi connectivity index (χ4v) is 5.49. The van der Waals surface area contributed by atoms with Crippen LogP contribution in [0.25, 0.3) is 21.9 Å². The molecule has 0 saturated carbocycles.